The summed E-state index contributed by atoms with van der Waals surface area (Å²) in [5.74, 6) is 0. The van der Waals surface area contributed by atoms with Crippen molar-refractivity contribution >= 4 is 0 Å². The standard InChI is InChI=1S/C16H25NO2/c1-2-3-9-15-13-19-16(12-18)11-17(15)10-14-7-5-4-6-8-14/h4-8,15-16,18H,2-3,9-13H2,1H3. The SMILES string of the molecule is CCCCC1COC(CO)CN1Cc1ccccc1. The van der Waals surface area contributed by atoms with Crippen molar-refractivity contribution in [2.24, 2.45) is 0 Å². The van der Waals surface area contributed by atoms with E-state index in [9.17, 15) is 5.11 Å². The van der Waals surface area contributed by atoms with Gasteiger partial charge in [0.15, 0.2) is 0 Å². The fourth-order valence-corrected chi connectivity index (χ4v) is 2.64. The fourth-order valence-electron chi connectivity index (χ4n) is 2.64. The average molecular weight is 263 g/mol. The van der Waals surface area contributed by atoms with Crippen molar-refractivity contribution in [1.29, 1.82) is 0 Å². The molecule has 19 heavy (non-hydrogen) atoms. The lowest BCUT2D eigenvalue weighted by molar-refractivity contribution is -0.0872. The molecule has 0 bridgehead atoms. The van der Waals surface area contributed by atoms with Gasteiger partial charge in [-0.1, -0.05) is 50.1 Å². The number of rotatable bonds is 6. The number of unbranched alkanes of at least 4 members (excludes halogenated alkanes) is 1. The highest BCUT2D eigenvalue weighted by molar-refractivity contribution is 5.14. The first-order valence-corrected chi connectivity index (χ1v) is 7.34. The molecule has 1 aromatic carbocycles. The van der Waals surface area contributed by atoms with E-state index < -0.39 is 0 Å². The molecule has 2 unspecified atom stereocenters. The second kappa shape index (κ2) is 7.63. The largest absolute Gasteiger partial charge is 0.394 e. The summed E-state index contributed by atoms with van der Waals surface area (Å²) in [6.07, 6.45) is 3.62. The molecule has 3 nitrogen and oxygen atoms in total. The number of hydrogen-bond donors (Lipinski definition) is 1. The summed E-state index contributed by atoms with van der Waals surface area (Å²) in [7, 11) is 0. The number of nitrogens with zero attached hydrogens (tertiary/aromatic N) is 1. The maximum Gasteiger partial charge on any atom is 0.0933 e. The summed E-state index contributed by atoms with van der Waals surface area (Å²) in [4.78, 5) is 2.47. The normalized spacial score (nSPS) is 24.5. The minimum atomic E-state index is -0.0263. The number of aliphatic hydroxyl groups is 1. The molecule has 0 spiro atoms. The monoisotopic (exact) mass is 263 g/mol. The number of aliphatic hydroxyl groups excluding tert-OH is 1. The van der Waals surface area contributed by atoms with Crippen molar-refractivity contribution in [1.82, 2.24) is 4.90 Å². The second-order valence-corrected chi connectivity index (χ2v) is 5.35. The number of benzene rings is 1. The van der Waals surface area contributed by atoms with Gasteiger partial charge in [0.1, 0.15) is 0 Å². The zero-order valence-electron chi connectivity index (χ0n) is 11.8. The molecule has 1 aromatic rings. The fraction of sp³-hybridized carbons (Fsp3) is 0.625. The molecule has 3 heteroatoms. The summed E-state index contributed by atoms with van der Waals surface area (Å²) in [6.45, 7) is 4.88. The van der Waals surface area contributed by atoms with Crippen molar-refractivity contribution in [3.05, 3.63) is 35.9 Å². The van der Waals surface area contributed by atoms with Crippen LogP contribution in [0.3, 0.4) is 0 Å². The third-order valence-corrected chi connectivity index (χ3v) is 3.80. The van der Waals surface area contributed by atoms with Gasteiger partial charge < -0.3 is 9.84 Å². The topological polar surface area (TPSA) is 32.7 Å². The van der Waals surface area contributed by atoms with E-state index in [0.717, 1.165) is 19.7 Å². The predicted octanol–water partition coefficient (Wildman–Crippen LogP) is 2.44. The first-order chi connectivity index (χ1) is 9.33. The lowest BCUT2D eigenvalue weighted by atomic mass is 10.0. The molecule has 1 heterocycles. The van der Waals surface area contributed by atoms with Gasteiger partial charge in [0, 0.05) is 19.1 Å². The summed E-state index contributed by atoms with van der Waals surface area (Å²) < 4.78 is 5.71. The average Bonchev–Trinajstić information content (AvgIpc) is 2.47. The predicted molar refractivity (Wildman–Crippen MR) is 77.0 cm³/mol. The van der Waals surface area contributed by atoms with E-state index in [2.05, 4.69) is 36.1 Å². The Morgan fingerprint density at radius 2 is 2.11 bits per heavy atom. The molecular weight excluding hydrogens is 238 g/mol. The molecule has 1 aliphatic heterocycles. The van der Waals surface area contributed by atoms with Crippen molar-refractivity contribution in [3.8, 4) is 0 Å². The Balaban J connectivity index is 1.98. The van der Waals surface area contributed by atoms with Crippen LogP contribution in [0.15, 0.2) is 30.3 Å². The molecule has 1 fully saturated rings. The van der Waals surface area contributed by atoms with Crippen LogP contribution in [0.5, 0.6) is 0 Å². The van der Waals surface area contributed by atoms with Gasteiger partial charge >= 0.3 is 0 Å². The Kier molecular flexibility index (Phi) is 5.83. The van der Waals surface area contributed by atoms with E-state index in [1.54, 1.807) is 0 Å². The van der Waals surface area contributed by atoms with E-state index in [1.165, 1.54) is 24.8 Å². The molecule has 2 rings (SSSR count). The smallest absolute Gasteiger partial charge is 0.0933 e. The molecule has 1 aliphatic rings. The summed E-state index contributed by atoms with van der Waals surface area (Å²) in [5.41, 5.74) is 1.34. The summed E-state index contributed by atoms with van der Waals surface area (Å²) in [5, 5.41) is 9.29. The third-order valence-electron chi connectivity index (χ3n) is 3.80. The van der Waals surface area contributed by atoms with Crippen LogP contribution in [-0.4, -0.2) is 41.9 Å². The molecule has 0 amide bonds. The van der Waals surface area contributed by atoms with Crippen LogP contribution in [-0.2, 0) is 11.3 Å². The van der Waals surface area contributed by atoms with Crippen LogP contribution in [0.4, 0.5) is 0 Å². The minimum absolute atomic E-state index is 0.0263. The van der Waals surface area contributed by atoms with Gasteiger partial charge in [0.2, 0.25) is 0 Å². The van der Waals surface area contributed by atoms with Crippen LogP contribution >= 0.6 is 0 Å². The number of ether oxygens (including phenoxy) is 1. The van der Waals surface area contributed by atoms with Gasteiger partial charge in [-0.3, -0.25) is 4.90 Å². The Morgan fingerprint density at radius 3 is 2.79 bits per heavy atom. The van der Waals surface area contributed by atoms with Gasteiger partial charge in [-0.15, -0.1) is 0 Å². The van der Waals surface area contributed by atoms with Gasteiger partial charge in [-0.05, 0) is 12.0 Å². The van der Waals surface area contributed by atoms with Crippen molar-refractivity contribution in [2.75, 3.05) is 19.8 Å². The van der Waals surface area contributed by atoms with E-state index in [-0.39, 0.29) is 12.7 Å². The maximum absolute atomic E-state index is 9.29. The first kappa shape index (κ1) is 14.5. The highest BCUT2D eigenvalue weighted by Crippen LogP contribution is 2.19. The maximum atomic E-state index is 9.29. The molecule has 1 saturated heterocycles. The van der Waals surface area contributed by atoms with Crippen LogP contribution in [0.2, 0.25) is 0 Å². The van der Waals surface area contributed by atoms with Crippen LogP contribution in [0.1, 0.15) is 31.7 Å². The molecule has 0 saturated carbocycles. The minimum Gasteiger partial charge on any atom is -0.394 e. The van der Waals surface area contributed by atoms with E-state index in [1.807, 2.05) is 6.07 Å². The van der Waals surface area contributed by atoms with Crippen LogP contribution in [0.25, 0.3) is 0 Å². The lowest BCUT2D eigenvalue weighted by Crippen LogP contribution is -2.50. The summed E-state index contributed by atoms with van der Waals surface area (Å²) >= 11 is 0. The number of hydrogen-bond acceptors (Lipinski definition) is 3. The molecule has 1 N–H and O–H groups in total. The quantitative estimate of drug-likeness (QED) is 0.855. The molecular formula is C16H25NO2. The molecule has 0 aliphatic carbocycles. The van der Waals surface area contributed by atoms with Gasteiger partial charge in [0.05, 0.1) is 19.3 Å². The Hall–Kier alpha value is -0.900. The van der Waals surface area contributed by atoms with Crippen molar-refractivity contribution < 1.29 is 9.84 Å². The molecule has 106 valence electrons. The van der Waals surface area contributed by atoms with Crippen LogP contribution in [0, 0.1) is 0 Å². The second-order valence-electron chi connectivity index (χ2n) is 5.35. The van der Waals surface area contributed by atoms with Gasteiger partial charge in [0.25, 0.3) is 0 Å². The highest BCUT2D eigenvalue weighted by atomic mass is 16.5. The molecule has 0 radical (unpaired) electrons. The van der Waals surface area contributed by atoms with Crippen molar-refractivity contribution in [2.45, 2.75) is 44.9 Å². The zero-order chi connectivity index (χ0) is 13.5. The first-order valence-electron chi connectivity index (χ1n) is 7.34. The molecule has 2 atom stereocenters. The van der Waals surface area contributed by atoms with E-state index >= 15 is 0 Å². The summed E-state index contributed by atoms with van der Waals surface area (Å²) in [6, 6.07) is 11.0. The molecule has 0 aromatic heterocycles. The van der Waals surface area contributed by atoms with E-state index in [0.29, 0.717) is 6.04 Å². The lowest BCUT2D eigenvalue weighted by Gasteiger charge is -2.39. The zero-order valence-corrected chi connectivity index (χ0v) is 11.8. The highest BCUT2D eigenvalue weighted by Gasteiger charge is 2.27. The Bertz CT molecular complexity index is 355. The van der Waals surface area contributed by atoms with Crippen molar-refractivity contribution in [3.63, 3.8) is 0 Å². The number of morpholine rings is 1. The Labute approximate surface area is 116 Å². The van der Waals surface area contributed by atoms with Crippen LogP contribution < -0.4 is 0 Å². The van der Waals surface area contributed by atoms with E-state index in [4.69, 9.17) is 4.74 Å². The van der Waals surface area contributed by atoms with Gasteiger partial charge in [-0.2, -0.15) is 0 Å². The van der Waals surface area contributed by atoms with Gasteiger partial charge in [-0.25, -0.2) is 0 Å². The third kappa shape index (κ3) is 4.30. The Morgan fingerprint density at radius 1 is 1.32 bits per heavy atom.